The highest BCUT2D eigenvalue weighted by Gasteiger charge is 2.20. The van der Waals surface area contributed by atoms with Crippen molar-refractivity contribution in [2.75, 3.05) is 151 Å². The van der Waals surface area contributed by atoms with Crippen molar-refractivity contribution in [2.24, 2.45) is 0 Å². The third-order valence-corrected chi connectivity index (χ3v) is 17.6. The predicted molar refractivity (Wildman–Crippen MR) is 297 cm³/mol. The number of ether oxygens (including phenoxy) is 4. The first-order chi connectivity index (χ1) is 35.5. The molecule has 4 unspecified atom stereocenters. The number of carbonyl (C=O) groups is 4. The smallest absolute Gasteiger partial charge is 0.310 e. The molecular weight excluding hydrogens is 1010 g/mol. The molecule has 418 valence electrons. The van der Waals surface area contributed by atoms with E-state index in [1.165, 1.54) is 90.4 Å². The summed E-state index contributed by atoms with van der Waals surface area (Å²) in [5, 5.41) is 39.3. The number of rotatable bonds is 35. The van der Waals surface area contributed by atoms with Crippen LogP contribution in [0.4, 0.5) is 0 Å². The lowest BCUT2D eigenvalue weighted by molar-refractivity contribution is -0.155. The van der Waals surface area contributed by atoms with E-state index in [0.717, 1.165) is 92.1 Å². The van der Waals surface area contributed by atoms with E-state index >= 15 is 0 Å². The van der Waals surface area contributed by atoms with Gasteiger partial charge in [0.05, 0.1) is 51.1 Å². The van der Waals surface area contributed by atoms with Crippen molar-refractivity contribution in [2.45, 2.75) is 121 Å². The van der Waals surface area contributed by atoms with Gasteiger partial charge in [0, 0.05) is 72.2 Å². The molecule has 0 spiro atoms. The molecule has 1 aromatic carbocycles. The number of aryl methyl sites for hydroxylation is 1. The van der Waals surface area contributed by atoms with Gasteiger partial charge >= 0.3 is 23.9 Å². The summed E-state index contributed by atoms with van der Waals surface area (Å²) in [5.41, 5.74) is 2.47. The fourth-order valence-corrected chi connectivity index (χ4v) is 12.7. The Morgan fingerprint density at radius 2 is 0.890 bits per heavy atom. The predicted octanol–water partition coefficient (Wildman–Crippen LogP) is 4.56. The van der Waals surface area contributed by atoms with E-state index in [4.69, 9.17) is 18.9 Å². The maximum absolute atomic E-state index is 12.5. The normalized spacial score (nSPS) is 18.6. The topological polar surface area (TPSA) is 199 Å². The molecule has 4 atom stereocenters. The van der Waals surface area contributed by atoms with E-state index in [1.54, 1.807) is 47.0 Å². The first-order valence-corrected chi connectivity index (χ1v) is 31.7. The van der Waals surface area contributed by atoms with E-state index in [1.807, 2.05) is 25.1 Å². The molecule has 20 heteroatoms. The number of carbonyl (C=O) groups excluding carboxylic acids is 4. The summed E-state index contributed by atoms with van der Waals surface area (Å²) in [5.74, 6) is 4.19. The maximum Gasteiger partial charge on any atom is 0.310 e. The van der Waals surface area contributed by atoms with Crippen molar-refractivity contribution in [1.82, 2.24) is 19.6 Å². The Bertz CT molecular complexity index is 1670. The SMILES string of the molecule is Cc1ccc(CC(=O)OC(CO)CSCCN2CCCC2)cc1CC(=O)OCC(O)CSCCN1CCCC1.O=C(CCC(=O)OC(CO)CSCCN1CCCCC1)OCC(O)CSCCN1CCCCC1. The van der Waals surface area contributed by atoms with Crippen LogP contribution in [0.2, 0.25) is 0 Å². The second kappa shape index (κ2) is 39.5. The van der Waals surface area contributed by atoms with Gasteiger partial charge in [-0.15, -0.1) is 0 Å². The van der Waals surface area contributed by atoms with Gasteiger partial charge in [0.15, 0.2) is 0 Å². The van der Waals surface area contributed by atoms with Gasteiger partial charge in [-0.2, -0.15) is 47.0 Å². The molecular formula is C53H90N4O12S4. The van der Waals surface area contributed by atoms with Crippen LogP contribution >= 0.6 is 47.0 Å². The summed E-state index contributed by atoms with van der Waals surface area (Å²) in [6, 6.07) is 5.57. The fraction of sp³-hybridized carbons (Fsp3) is 0.811. The molecule has 5 rings (SSSR count). The Morgan fingerprint density at radius 1 is 0.507 bits per heavy atom. The van der Waals surface area contributed by atoms with Crippen molar-refractivity contribution in [3.63, 3.8) is 0 Å². The molecule has 4 aliphatic rings. The molecule has 4 aliphatic heterocycles. The number of aliphatic hydroxyl groups is 4. The van der Waals surface area contributed by atoms with Gasteiger partial charge in [-0.25, -0.2) is 0 Å². The summed E-state index contributed by atoms with van der Waals surface area (Å²) in [6.07, 6.45) is 10.3. The molecule has 1 aromatic rings. The molecule has 0 radical (unpaired) electrons. The quantitative estimate of drug-likeness (QED) is 0.0419. The molecule has 4 fully saturated rings. The standard InChI is InChI=1S/C29H46N2O6S2.C24H44N2O6S2/c1-23-6-7-24(17-29(35)37-27(19-32)22-39-15-13-31-10-4-5-11-31)16-25(23)18-28(34)36-20-26(33)21-38-14-12-30-8-2-3-9-30;27-17-22(20-34-16-14-26-11-5-2-6-12-26)32-24(30)8-7-23(29)31-18-21(28)19-33-15-13-25-9-3-1-4-10-25/h6-7,16,26-27,32-33H,2-5,8-15,17-22H2,1H3;21-22,27-28H,1-20H2. The molecule has 4 saturated heterocycles. The highest BCUT2D eigenvalue weighted by Crippen LogP contribution is 2.18. The third-order valence-electron chi connectivity index (χ3n) is 13.2. The Kier molecular flexibility index (Phi) is 34.5. The third kappa shape index (κ3) is 30.1. The van der Waals surface area contributed by atoms with Gasteiger partial charge in [-0.1, -0.05) is 31.0 Å². The highest BCUT2D eigenvalue weighted by molar-refractivity contribution is 8.00. The summed E-state index contributed by atoms with van der Waals surface area (Å²) < 4.78 is 21.2. The Morgan fingerprint density at radius 3 is 1.33 bits per heavy atom. The second-order valence-corrected chi connectivity index (χ2v) is 24.2. The fourth-order valence-electron chi connectivity index (χ4n) is 8.89. The van der Waals surface area contributed by atoms with Crippen LogP contribution in [-0.4, -0.2) is 239 Å². The Labute approximate surface area is 453 Å². The second-order valence-electron chi connectivity index (χ2n) is 19.6. The molecule has 0 amide bonds. The zero-order chi connectivity index (χ0) is 52.3. The monoisotopic (exact) mass is 1100 g/mol. The number of likely N-dealkylation sites (tertiary alicyclic amines) is 4. The number of benzene rings is 1. The van der Waals surface area contributed by atoms with Crippen LogP contribution in [0, 0.1) is 6.92 Å². The van der Waals surface area contributed by atoms with Gasteiger partial charge in [-0.05, 0) is 127 Å². The van der Waals surface area contributed by atoms with Gasteiger partial charge in [0.2, 0.25) is 0 Å². The molecule has 4 heterocycles. The van der Waals surface area contributed by atoms with Crippen molar-refractivity contribution < 1.29 is 58.6 Å². The molecule has 16 nitrogen and oxygen atoms in total. The van der Waals surface area contributed by atoms with Gasteiger partial charge in [0.1, 0.15) is 25.4 Å². The van der Waals surface area contributed by atoms with E-state index in [0.29, 0.717) is 23.0 Å². The van der Waals surface area contributed by atoms with E-state index in [9.17, 15) is 39.6 Å². The van der Waals surface area contributed by atoms with E-state index in [-0.39, 0.29) is 52.1 Å². The number of aliphatic hydroxyl groups excluding tert-OH is 4. The largest absolute Gasteiger partial charge is 0.463 e. The molecule has 73 heavy (non-hydrogen) atoms. The van der Waals surface area contributed by atoms with Crippen LogP contribution in [0.25, 0.3) is 0 Å². The Hall–Kier alpha value is -1.82. The lowest BCUT2D eigenvalue weighted by atomic mass is 10.0. The van der Waals surface area contributed by atoms with Crippen LogP contribution in [0.15, 0.2) is 18.2 Å². The highest BCUT2D eigenvalue weighted by atomic mass is 32.2. The Balaban J connectivity index is 0.000000320. The number of esters is 4. The number of piperidine rings is 2. The van der Waals surface area contributed by atoms with Crippen molar-refractivity contribution >= 4 is 70.9 Å². The van der Waals surface area contributed by atoms with Crippen LogP contribution in [-0.2, 0) is 51.0 Å². The average Bonchev–Trinajstić information content (AvgIpc) is 4.14. The van der Waals surface area contributed by atoms with Crippen LogP contribution in [0.3, 0.4) is 0 Å². The number of nitrogens with zero attached hydrogens (tertiary/aromatic N) is 4. The summed E-state index contributed by atoms with van der Waals surface area (Å²) >= 11 is 6.72. The van der Waals surface area contributed by atoms with Crippen molar-refractivity contribution in [1.29, 1.82) is 0 Å². The maximum atomic E-state index is 12.5. The van der Waals surface area contributed by atoms with Gasteiger partial charge < -0.3 is 59.0 Å². The molecule has 0 saturated carbocycles. The minimum absolute atomic E-state index is 0.0147. The van der Waals surface area contributed by atoms with Crippen LogP contribution < -0.4 is 0 Å². The summed E-state index contributed by atoms with van der Waals surface area (Å²) in [6.45, 7) is 14.8. The molecule has 4 N–H and O–H groups in total. The number of hydrogen-bond donors (Lipinski definition) is 4. The number of hydrogen-bond acceptors (Lipinski definition) is 20. The lowest BCUT2D eigenvalue weighted by Crippen LogP contribution is -2.32. The zero-order valence-corrected chi connectivity index (χ0v) is 47.2. The van der Waals surface area contributed by atoms with Gasteiger partial charge in [-0.3, -0.25) is 19.2 Å². The van der Waals surface area contributed by atoms with E-state index in [2.05, 4.69) is 19.6 Å². The van der Waals surface area contributed by atoms with Crippen molar-refractivity contribution in [3.05, 3.63) is 34.9 Å². The lowest BCUT2D eigenvalue weighted by Gasteiger charge is -2.26. The molecule has 0 aromatic heterocycles. The zero-order valence-electron chi connectivity index (χ0n) is 43.9. The molecule has 0 bridgehead atoms. The molecule has 0 aliphatic carbocycles. The van der Waals surface area contributed by atoms with Crippen molar-refractivity contribution in [3.8, 4) is 0 Å². The minimum Gasteiger partial charge on any atom is -0.463 e. The first-order valence-electron chi connectivity index (χ1n) is 27.1. The minimum atomic E-state index is -0.706. The van der Waals surface area contributed by atoms with Crippen LogP contribution in [0.5, 0.6) is 0 Å². The van der Waals surface area contributed by atoms with Crippen LogP contribution in [0.1, 0.15) is 93.7 Å². The number of thioether (sulfide) groups is 4. The van der Waals surface area contributed by atoms with E-state index < -0.39 is 48.3 Å². The first kappa shape index (κ1) is 63.7. The average molecular weight is 1100 g/mol. The van der Waals surface area contributed by atoms with Gasteiger partial charge in [0.25, 0.3) is 0 Å². The summed E-state index contributed by atoms with van der Waals surface area (Å²) in [7, 11) is 0. The summed E-state index contributed by atoms with van der Waals surface area (Å²) in [4.78, 5) is 58.7.